The Balaban J connectivity index is 1.45. The van der Waals surface area contributed by atoms with E-state index in [2.05, 4.69) is 28.0 Å². The lowest BCUT2D eigenvalue weighted by Gasteiger charge is -2.45. The predicted molar refractivity (Wildman–Crippen MR) is 137 cm³/mol. The molecule has 0 unspecified atom stereocenters. The summed E-state index contributed by atoms with van der Waals surface area (Å²) in [5.74, 6) is 2.61. The molecule has 4 aliphatic rings. The molecule has 0 bridgehead atoms. The van der Waals surface area contributed by atoms with E-state index in [1.165, 1.54) is 140 Å². The summed E-state index contributed by atoms with van der Waals surface area (Å²) in [5.41, 5.74) is 0. The van der Waals surface area contributed by atoms with Gasteiger partial charge in [0.25, 0.3) is 0 Å². The summed E-state index contributed by atoms with van der Waals surface area (Å²) < 4.78 is 0. The largest absolute Gasteiger partial charge is 0.351 e. The van der Waals surface area contributed by atoms with Crippen LogP contribution in [0, 0.1) is 0 Å². The highest BCUT2D eigenvalue weighted by Crippen LogP contribution is 2.37. The van der Waals surface area contributed by atoms with Crippen LogP contribution in [-0.4, -0.2) is 29.2 Å². The van der Waals surface area contributed by atoms with Crippen molar-refractivity contribution < 1.29 is 0 Å². The van der Waals surface area contributed by atoms with Crippen molar-refractivity contribution in [3.8, 4) is 0 Å². The molecule has 0 N–H and O–H groups in total. The minimum Gasteiger partial charge on any atom is -0.351 e. The van der Waals surface area contributed by atoms with Gasteiger partial charge in [-0.05, 0) is 63.5 Å². The quantitative estimate of drug-likeness (QED) is 0.449. The first-order chi connectivity index (χ1) is 15.9. The lowest BCUT2D eigenvalue weighted by Crippen LogP contribution is -2.47. The second-order valence-electron chi connectivity index (χ2n) is 11.3. The van der Waals surface area contributed by atoms with Crippen LogP contribution in [-0.2, 0) is 0 Å². The van der Waals surface area contributed by atoms with Crippen LogP contribution in [0.2, 0.25) is 0 Å². The SMILES string of the molecule is c1cc(N(C2CCCCC2)C2CCCCC2)nc(N(C2CCCCC2)C2CCCCC2)c1. The molecule has 0 spiro atoms. The Hall–Kier alpha value is -1.25. The number of pyridine rings is 1. The van der Waals surface area contributed by atoms with E-state index in [4.69, 9.17) is 4.98 Å². The van der Waals surface area contributed by atoms with Gasteiger partial charge in [-0.1, -0.05) is 83.1 Å². The molecule has 178 valence electrons. The van der Waals surface area contributed by atoms with E-state index >= 15 is 0 Å². The predicted octanol–water partition coefficient (Wildman–Crippen LogP) is 8.03. The first kappa shape index (κ1) is 22.5. The maximum Gasteiger partial charge on any atom is 0.131 e. The van der Waals surface area contributed by atoms with E-state index < -0.39 is 0 Å². The zero-order chi connectivity index (χ0) is 21.6. The van der Waals surface area contributed by atoms with Crippen molar-refractivity contribution in [3.05, 3.63) is 18.2 Å². The van der Waals surface area contributed by atoms with Crippen molar-refractivity contribution in [2.24, 2.45) is 0 Å². The Morgan fingerprint density at radius 2 is 0.719 bits per heavy atom. The van der Waals surface area contributed by atoms with Gasteiger partial charge >= 0.3 is 0 Å². The molecular formula is C29H47N3. The number of anilines is 2. The third-order valence-electron chi connectivity index (χ3n) is 9.12. The fourth-order valence-corrected chi connectivity index (χ4v) is 7.48. The molecule has 0 aliphatic heterocycles. The molecule has 4 saturated carbocycles. The molecule has 4 fully saturated rings. The molecule has 1 aromatic heterocycles. The Morgan fingerprint density at radius 3 is 1.00 bits per heavy atom. The first-order valence-corrected chi connectivity index (χ1v) is 14.4. The highest BCUT2D eigenvalue weighted by Gasteiger charge is 2.33. The van der Waals surface area contributed by atoms with E-state index in [-0.39, 0.29) is 0 Å². The maximum atomic E-state index is 5.53. The van der Waals surface area contributed by atoms with Gasteiger partial charge in [0.1, 0.15) is 11.6 Å². The summed E-state index contributed by atoms with van der Waals surface area (Å²) in [6.07, 6.45) is 28.0. The van der Waals surface area contributed by atoms with Crippen molar-refractivity contribution in [1.82, 2.24) is 4.98 Å². The van der Waals surface area contributed by atoms with Gasteiger partial charge in [-0.3, -0.25) is 0 Å². The molecule has 3 heteroatoms. The van der Waals surface area contributed by atoms with E-state index in [0.717, 1.165) is 0 Å². The standard InChI is InChI=1S/C29H47N3/c1-5-14-24(15-6-1)31(25-16-7-2-8-17-25)28-22-13-23-29(30-28)32(26-18-9-3-10-19-26)27-20-11-4-12-21-27/h13,22-27H,1-12,14-21H2. The summed E-state index contributed by atoms with van der Waals surface area (Å²) in [6.45, 7) is 0. The molecule has 0 saturated heterocycles. The van der Waals surface area contributed by atoms with Gasteiger partial charge in [-0.25, -0.2) is 4.98 Å². The summed E-state index contributed by atoms with van der Waals surface area (Å²) in [6, 6.07) is 9.91. The highest BCUT2D eigenvalue weighted by molar-refractivity contribution is 5.51. The average molecular weight is 438 g/mol. The number of rotatable bonds is 6. The molecule has 5 rings (SSSR count). The van der Waals surface area contributed by atoms with Gasteiger partial charge in [0, 0.05) is 24.2 Å². The van der Waals surface area contributed by atoms with Gasteiger partial charge in [0.2, 0.25) is 0 Å². The lowest BCUT2D eigenvalue weighted by molar-refractivity contribution is 0.333. The van der Waals surface area contributed by atoms with Crippen LogP contribution in [0.5, 0.6) is 0 Å². The Labute approximate surface area is 197 Å². The normalized spacial score (nSPS) is 25.0. The second kappa shape index (κ2) is 11.3. The molecule has 0 amide bonds. The lowest BCUT2D eigenvalue weighted by atomic mass is 9.88. The fourth-order valence-electron chi connectivity index (χ4n) is 7.48. The minimum atomic E-state index is 0.715. The maximum absolute atomic E-state index is 5.53. The van der Waals surface area contributed by atoms with Gasteiger partial charge in [-0.2, -0.15) is 0 Å². The Morgan fingerprint density at radius 1 is 0.438 bits per heavy atom. The molecule has 1 aromatic rings. The Bertz CT molecular complexity index is 588. The van der Waals surface area contributed by atoms with E-state index in [1.54, 1.807) is 0 Å². The summed E-state index contributed by atoms with van der Waals surface area (Å²) in [4.78, 5) is 11.2. The second-order valence-corrected chi connectivity index (χ2v) is 11.3. The average Bonchev–Trinajstić information content (AvgIpc) is 2.87. The number of nitrogens with zero attached hydrogens (tertiary/aromatic N) is 3. The van der Waals surface area contributed by atoms with Crippen molar-refractivity contribution >= 4 is 11.6 Å². The number of aromatic nitrogens is 1. The van der Waals surface area contributed by atoms with Crippen molar-refractivity contribution in [1.29, 1.82) is 0 Å². The Kier molecular flexibility index (Phi) is 7.92. The van der Waals surface area contributed by atoms with Crippen molar-refractivity contribution in [2.45, 2.75) is 153 Å². The van der Waals surface area contributed by atoms with Crippen LogP contribution >= 0.6 is 0 Å². The minimum absolute atomic E-state index is 0.715. The number of hydrogen-bond donors (Lipinski definition) is 0. The van der Waals surface area contributed by atoms with E-state index in [0.29, 0.717) is 24.2 Å². The zero-order valence-electron chi connectivity index (χ0n) is 20.5. The monoisotopic (exact) mass is 437 g/mol. The van der Waals surface area contributed by atoms with Crippen LogP contribution in [0.25, 0.3) is 0 Å². The molecule has 3 nitrogen and oxygen atoms in total. The third kappa shape index (κ3) is 5.28. The van der Waals surface area contributed by atoms with Crippen molar-refractivity contribution in [3.63, 3.8) is 0 Å². The molecule has 0 radical (unpaired) electrons. The first-order valence-electron chi connectivity index (χ1n) is 14.4. The van der Waals surface area contributed by atoms with Gasteiger partial charge in [-0.15, -0.1) is 0 Å². The molecule has 32 heavy (non-hydrogen) atoms. The van der Waals surface area contributed by atoms with E-state index in [9.17, 15) is 0 Å². The van der Waals surface area contributed by atoms with Crippen molar-refractivity contribution in [2.75, 3.05) is 9.80 Å². The summed E-state index contributed by atoms with van der Waals surface area (Å²) in [7, 11) is 0. The van der Waals surface area contributed by atoms with E-state index in [1.807, 2.05) is 0 Å². The number of hydrogen-bond acceptors (Lipinski definition) is 3. The topological polar surface area (TPSA) is 19.4 Å². The molecule has 4 aliphatic carbocycles. The van der Waals surface area contributed by atoms with Gasteiger partial charge < -0.3 is 9.80 Å². The summed E-state index contributed by atoms with van der Waals surface area (Å²) >= 11 is 0. The van der Waals surface area contributed by atoms with Crippen LogP contribution in [0.3, 0.4) is 0 Å². The third-order valence-corrected chi connectivity index (χ3v) is 9.12. The molecular weight excluding hydrogens is 390 g/mol. The van der Waals surface area contributed by atoms with Crippen LogP contribution in [0.1, 0.15) is 128 Å². The molecule has 0 aromatic carbocycles. The highest BCUT2D eigenvalue weighted by atomic mass is 15.3. The smallest absolute Gasteiger partial charge is 0.131 e. The summed E-state index contributed by atoms with van der Waals surface area (Å²) in [5, 5.41) is 0. The molecule has 1 heterocycles. The fraction of sp³-hybridized carbons (Fsp3) is 0.828. The zero-order valence-corrected chi connectivity index (χ0v) is 20.5. The van der Waals surface area contributed by atoms with Crippen LogP contribution in [0.4, 0.5) is 11.6 Å². The van der Waals surface area contributed by atoms with Gasteiger partial charge in [0.15, 0.2) is 0 Å². The van der Waals surface area contributed by atoms with Crippen LogP contribution in [0.15, 0.2) is 18.2 Å². The molecule has 0 atom stereocenters. The van der Waals surface area contributed by atoms with Crippen LogP contribution < -0.4 is 9.80 Å². The van der Waals surface area contributed by atoms with Gasteiger partial charge in [0.05, 0.1) is 0 Å².